The molecule has 21 heavy (non-hydrogen) atoms. The predicted octanol–water partition coefficient (Wildman–Crippen LogP) is 4.69. The van der Waals surface area contributed by atoms with Crippen molar-refractivity contribution in [1.29, 1.82) is 0 Å². The molecule has 0 saturated heterocycles. The van der Waals surface area contributed by atoms with Gasteiger partial charge >= 0.3 is 0 Å². The largest absolute Gasteiger partial charge is 0.376 e. The third-order valence-electron chi connectivity index (χ3n) is 3.26. The summed E-state index contributed by atoms with van der Waals surface area (Å²) in [5.41, 5.74) is 1.24. The summed E-state index contributed by atoms with van der Waals surface area (Å²) >= 11 is 0. The molecule has 0 amide bonds. The summed E-state index contributed by atoms with van der Waals surface area (Å²) in [4.78, 5) is 10.5. The zero-order valence-corrected chi connectivity index (χ0v) is 11.8. The molecule has 0 aliphatic rings. The fourth-order valence-corrected chi connectivity index (χ4v) is 2.23. The third kappa shape index (κ3) is 3.78. The van der Waals surface area contributed by atoms with Crippen LogP contribution in [0.15, 0.2) is 48.5 Å². The van der Waals surface area contributed by atoms with Gasteiger partial charge in [-0.3, -0.25) is 10.1 Å². The zero-order chi connectivity index (χ0) is 15.2. The van der Waals surface area contributed by atoms with Crippen molar-refractivity contribution in [3.63, 3.8) is 0 Å². The van der Waals surface area contributed by atoms with Crippen molar-refractivity contribution in [3.8, 4) is 0 Å². The van der Waals surface area contributed by atoms with Crippen LogP contribution in [-0.2, 0) is 0 Å². The number of anilines is 1. The summed E-state index contributed by atoms with van der Waals surface area (Å²) in [6, 6.07) is 12.7. The van der Waals surface area contributed by atoms with Crippen LogP contribution in [0.3, 0.4) is 0 Å². The Morgan fingerprint density at radius 3 is 2.67 bits per heavy atom. The second-order valence-corrected chi connectivity index (χ2v) is 4.82. The lowest BCUT2D eigenvalue weighted by Crippen LogP contribution is -2.11. The molecule has 0 spiro atoms. The maximum atomic E-state index is 13.7. The molecule has 1 unspecified atom stereocenters. The molecule has 1 N–H and O–H groups in total. The standard InChI is InChI=1S/C16H17FN2O2/c1-2-6-15(18-16-10-4-3-9-14(16)17)12-7-5-8-13(11-12)19(20)21/h3-5,7-11,15,18H,2,6H2,1H3. The highest BCUT2D eigenvalue weighted by molar-refractivity contribution is 5.48. The van der Waals surface area contributed by atoms with Crippen LogP contribution in [0.4, 0.5) is 15.8 Å². The van der Waals surface area contributed by atoms with E-state index in [-0.39, 0.29) is 17.5 Å². The Kier molecular flexibility index (Phi) is 4.87. The van der Waals surface area contributed by atoms with Crippen molar-refractivity contribution >= 4 is 11.4 Å². The number of nitrogens with zero attached hydrogens (tertiary/aromatic N) is 1. The molecule has 0 heterocycles. The highest BCUT2D eigenvalue weighted by Crippen LogP contribution is 2.27. The number of nitrogens with one attached hydrogen (secondary N) is 1. The topological polar surface area (TPSA) is 55.2 Å². The van der Waals surface area contributed by atoms with Crippen LogP contribution in [0.1, 0.15) is 31.4 Å². The lowest BCUT2D eigenvalue weighted by Gasteiger charge is -2.20. The van der Waals surface area contributed by atoms with Crippen LogP contribution in [-0.4, -0.2) is 4.92 Å². The Bertz CT molecular complexity index is 631. The summed E-state index contributed by atoms with van der Waals surface area (Å²) < 4.78 is 13.7. The van der Waals surface area contributed by atoms with E-state index in [4.69, 9.17) is 0 Å². The Hall–Kier alpha value is -2.43. The van der Waals surface area contributed by atoms with Crippen molar-refractivity contribution in [2.45, 2.75) is 25.8 Å². The van der Waals surface area contributed by atoms with E-state index in [2.05, 4.69) is 5.32 Å². The number of non-ortho nitro benzene ring substituents is 1. The van der Waals surface area contributed by atoms with Gasteiger partial charge in [0.1, 0.15) is 5.82 Å². The minimum atomic E-state index is -0.421. The van der Waals surface area contributed by atoms with E-state index in [0.29, 0.717) is 5.69 Å². The molecule has 0 aromatic heterocycles. The van der Waals surface area contributed by atoms with Gasteiger partial charge in [0.15, 0.2) is 0 Å². The minimum Gasteiger partial charge on any atom is -0.376 e. The monoisotopic (exact) mass is 288 g/mol. The quantitative estimate of drug-likeness (QED) is 0.620. The van der Waals surface area contributed by atoms with Gasteiger partial charge in [-0.2, -0.15) is 0 Å². The zero-order valence-electron chi connectivity index (χ0n) is 11.8. The van der Waals surface area contributed by atoms with Crippen molar-refractivity contribution in [1.82, 2.24) is 0 Å². The number of rotatable bonds is 6. The average molecular weight is 288 g/mol. The van der Waals surface area contributed by atoms with Crippen molar-refractivity contribution < 1.29 is 9.31 Å². The fourth-order valence-electron chi connectivity index (χ4n) is 2.23. The Balaban J connectivity index is 2.28. The lowest BCUT2D eigenvalue weighted by atomic mass is 10.0. The molecule has 0 radical (unpaired) electrons. The summed E-state index contributed by atoms with van der Waals surface area (Å²) in [6.45, 7) is 2.02. The molecule has 4 nitrogen and oxygen atoms in total. The van der Waals surface area contributed by atoms with Crippen LogP contribution in [0.2, 0.25) is 0 Å². The molecule has 0 aliphatic carbocycles. The molecule has 2 aromatic rings. The van der Waals surface area contributed by atoms with Gasteiger partial charge in [-0.1, -0.05) is 37.6 Å². The number of benzene rings is 2. The molecule has 2 aromatic carbocycles. The van der Waals surface area contributed by atoms with E-state index in [9.17, 15) is 14.5 Å². The average Bonchev–Trinajstić information content (AvgIpc) is 2.49. The van der Waals surface area contributed by atoms with Crippen LogP contribution in [0, 0.1) is 15.9 Å². The minimum absolute atomic E-state index is 0.0453. The van der Waals surface area contributed by atoms with Crippen LogP contribution in [0.5, 0.6) is 0 Å². The second-order valence-electron chi connectivity index (χ2n) is 4.82. The van der Waals surface area contributed by atoms with E-state index in [1.807, 2.05) is 13.0 Å². The first kappa shape index (κ1) is 15.0. The maximum absolute atomic E-state index is 13.7. The molecular weight excluding hydrogens is 271 g/mol. The Morgan fingerprint density at radius 1 is 1.24 bits per heavy atom. The smallest absolute Gasteiger partial charge is 0.269 e. The van der Waals surface area contributed by atoms with E-state index in [0.717, 1.165) is 18.4 Å². The molecule has 0 saturated carbocycles. The summed E-state index contributed by atoms with van der Waals surface area (Å²) in [5.74, 6) is -0.330. The first-order valence-corrected chi connectivity index (χ1v) is 6.87. The van der Waals surface area contributed by atoms with Gasteiger partial charge < -0.3 is 5.32 Å². The van der Waals surface area contributed by atoms with Gasteiger partial charge in [-0.05, 0) is 24.1 Å². The predicted molar refractivity (Wildman–Crippen MR) is 80.8 cm³/mol. The van der Waals surface area contributed by atoms with Gasteiger partial charge in [0.2, 0.25) is 0 Å². The third-order valence-corrected chi connectivity index (χ3v) is 3.26. The Morgan fingerprint density at radius 2 is 2.00 bits per heavy atom. The number of hydrogen-bond acceptors (Lipinski definition) is 3. The number of halogens is 1. The normalized spacial score (nSPS) is 11.9. The van der Waals surface area contributed by atoms with E-state index < -0.39 is 4.92 Å². The first-order valence-electron chi connectivity index (χ1n) is 6.87. The van der Waals surface area contributed by atoms with Gasteiger partial charge in [0.05, 0.1) is 16.7 Å². The molecule has 5 heteroatoms. The van der Waals surface area contributed by atoms with E-state index in [1.165, 1.54) is 18.2 Å². The van der Waals surface area contributed by atoms with Crippen LogP contribution < -0.4 is 5.32 Å². The molecule has 0 bridgehead atoms. The lowest BCUT2D eigenvalue weighted by molar-refractivity contribution is -0.384. The fraction of sp³-hybridized carbons (Fsp3) is 0.250. The van der Waals surface area contributed by atoms with E-state index in [1.54, 1.807) is 24.3 Å². The van der Waals surface area contributed by atoms with Crippen LogP contribution in [0.25, 0.3) is 0 Å². The number of hydrogen-bond donors (Lipinski definition) is 1. The molecule has 0 aliphatic heterocycles. The molecule has 2 rings (SSSR count). The summed E-state index contributed by atoms with van der Waals surface area (Å²) in [5, 5.41) is 14.0. The molecule has 1 atom stereocenters. The highest BCUT2D eigenvalue weighted by atomic mass is 19.1. The summed E-state index contributed by atoms with van der Waals surface area (Å²) in [7, 11) is 0. The van der Waals surface area contributed by atoms with Crippen molar-refractivity contribution in [2.24, 2.45) is 0 Å². The number of para-hydroxylation sites is 1. The SMILES string of the molecule is CCCC(Nc1ccccc1F)c1cccc([N+](=O)[O-])c1. The Labute approximate surface area is 122 Å². The second kappa shape index (κ2) is 6.83. The highest BCUT2D eigenvalue weighted by Gasteiger charge is 2.15. The molecular formula is C16H17FN2O2. The number of nitro groups is 1. The summed E-state index contributed by atoms with van der Waals surface area (Å²) in [6.07, 6.45) is 1.64. The van der Waals surface area contributed by atoms with Crippen molar-refractivity contribution in [2.75, 3.05) is 5.32 Å². The number of nitro benzene ring substituents is 1. The first-order chi connectivity index (χ1) is 10.1. The van der Waals surface area contributed by atoms with Gasteiger partial charge in [0.25, 0.3) is 5.69 Å². The van der Waals surface area contributed by atoms with E-state index >= 15 is 0 Å². The van der Waals surface area contributed by atoms with Gasteiger partial charge in [-0.15, -0.1) is 0 Å². The maximum Gasteiger partial charge on any atom is 0.269 e. The van der Waals surface area contributed by atoms with Crippen LogP contribution >= 0.6 is 0 Å². The molecule has 110 valence electrons. The van der Waals surface area contributed by atoms with Gasteiger partial charge in [0, 0.05) is 12.1 Å². The molecule has 0 fully saturated rings. The van der Waals surface area contributed by atoms with Gasteiger partial charge in [-0.25, -0.2) is 4.39 Å². The van der Waals surface area contributed by atoms with Crippen molar-refractivity contribution in [3.05, 3.63) is 70.0 Å².